The molecule has 1 amide bonds. The molecule has 1 aliphatic carbocycles. The molecule has 0 bridgehead atoms. The lowest BCUT2D eigenvalue weighted by molar-refractivity contribution is -0.122. The molecule has 2 saturated heterocycles. The van der Waals surface area contributed by atoms with Crippen LogP contribution in [0.2, 0.25) is 0 Å². The zero-order valence-corrected chi connectivity index (χ0v) is 12.8. The molecule has 1 aromatic heterocycles. The van der Waals surface area contributed by atoms with Gasteiger partial charge < -0.3 is 10.1 Å². The number of hydrogen-bond acceptors (Lipinski definition) is 5. The second-order valence-corrected chi connectivity index (χ2v) is 7.44. The van der Waals surface area contributed by atoms with Gasteiger partial charge in [-0.2, -0.15) is 0 Å². The first-order valence-electron chi connectivity index (χ1n) is 7.79. The maximum absolute atomic E-state index is 12.0. The van der Waals surface area contributed by atoms with Crippen LogP contribution in [0.3, 0.4) is 0 Å². The summed E-state index contributed by atoms with van der Waals surface area (Å²) in [6.07, 6.45) is 5.10. The van der Waals surface area contributed by atoms with Crippen LogP contribution in [0.15, 0.2) is 11.6 Å². The minimum atomic E-state index is 0.213. The van der Waals surface area contributed by atoms with Crippen LogP contribution in [0.1, 0.15) is 24.3 Å². The Morgan fingerprint density at radius 1 is 1.48 bits per heavy atom. The van der Waals surface area contributed by atoms with Crippen molar-refractivity contribution in [3.63, 3.8) is 0 Å². The average molecular weight is 307 g/mol. The first-order valence-corrected chi connectivity index (χ1v) is 8.67. The zero-order valence-electron chi connectivity index (χ0n) is 12.0. The van der Waals surface area contributed by atoms with Gasteiger partial charge in [-0.3, -0.25) is 9.69 Å². The quantitative estimate of drug-likeness (QED) is 0.890. The zero-order chi connectivity index (χ0) is 14.2. The highest BCUT2D eigenvalue weighted by Crippen LogP contribution is 2.36. The largest absolute Gasteiger partial charge is 0.376 e. The Labute approximate surface area is 128 Å². The number of thiazole rings is 1. The number of aromatic nitrogens is 1. The standard InChI is InChI=1S/C15H21N3O2S/c19-14(17-11-1-2-11)5-10-9-20-13-7-18(6-12(10)13)8-15-16-3-4-21-15/h3-4,10-13H,1-2,5-9H2,(H,17,19)/t10-,12-,13-/m1/s1. The summed E-state index contributed by atoms with van der Waals surface area (Å²) in [5.74, 6) is 1.11. The Morgan fingerprint density at radius 3 is 3.14 bits per heavy atom. The van der Waals surface area contributed by atoms with E-state index in [4.69, 9.17) is 4.74 Å². The summed E-state index contributed by atoms with van der Waals surface area (Å²) in [7, 11) is 0. The van der Waals surface area contributed by atoms with Crippen LogP contribution in [0.5, 0.6) is 0 Å². The van der Waals surface area contributed by atoms with Crippen LogP contribution in [-0.2, 0) is 16.1 Å². The van der Waals surface area contributed by atoms with Crippen molar-refractivity contribution in [3.05, 3.63) is 16.6 Å². The number of hydrogen-bond donors (Lipinski definition) is 1. The molecule has 1 saturated carbocycles. The third-order valence-electron chi connectivity index (χ3n) is 4.75. The van der Waals surface area contributed by atoms with Crippen molar-refractivity contribution in [2.45, 2.75) is 38.0 Å². The van der Waals surface area contributed by atoms with E-state index in [2.05, 4.69) is 15.2 Å². The number of rotatable bonds is 5. The fourth-order valence-corrected chi connectivity index (χ4v) is 4.15. The Bertz CT molecular complexity index is 503. The minimum Gasteiger partial charge on any atom is -0.376 e. The van der Waals surface area contributed by atoms with Crippen molar-refractivity contribution < 1.29 is 9.53 Å². The Morgan fingerprint density at radius 2 is 2.38 bits per heavy atom. The summed E-state index contributed by atoms with van der Waals surface area (Å²) >= 11 is 1.71. The molecule has 0 spiro atoms. The molecule has 3 heterocycles. The monoisotopic (exact) mass is 307 g/mol. The van der Waals surface area contributed by atoms with Crippen LogP contribution in [0.25, 0.3) is 0 Å². The van der Waals surface area contributed by atoms with E-state index in [-0.39, 0.29) is 5.91 Å². The molecule has 0 aromatic carbocycles. The van der Waals surface area contributed by atoms with Crippen LogP contribution in [-0.4, -0.2) is 47.6 Å². The van der Waals surface area contributed by atoms with E-state index in [1.54, 1.807) is 11.3 Å². The molecule has 21 heavy (non-hydrogen) atoms. The summed E-state index contributed by atoms with van der Waals surface area (Å²) in [5, 5.41) is 6.28. The van der Waals surface area contributed by atoms with Crippen molar-refractivity contribution in [3.8, 4) is 0 Å². The summed E-state index contributed by atoms with van der Waals surface area (Å²) in [5.41, 5.74) is 0. The van der Waals surface area contributed by atoms with E-state index in [1.807, 2.05) is 11.6 Å². The van der Waals surface area contributed by atoms with Gasteiger partial charge in [0.15, 0.2) is 0 Å². The SMILES string of the molecule is O=C(C[C@@H]1CO[C@@H]2CN(Cc3nccs3)C[C@H]12)NC1CC1. The van der Waals surface area contributed by atoms with Gasteiger partial charge in [-0.05, 0) is 18.8 Å². The van der Waals surface area contributed by atoms with E-state index in [0.717, 1.165) is 44.1 Å². The third-order valence-corrected chi connectivity index (χ3v) is 5.51. The summed E-state index contributed by atoms with van der Waals surface area (Å²) in [6.45, 7) is 3.67. The Kier molecular flexibility index (Phi) is 3.69. The lowest BCUT2D eigenvalue weighted by Gasteiger charge is -2.18. The highest BCUT2D eigenvalue weighted by Gasteiger charge is 2.44. The second-order valence-electron chi connectivity index (χ2n) is 6.46. The molecular weight excluding hydrogens is 286 g/mol. The fourth-order valence-electron chi connectivity index (χ4n) is 3.49. The van der Waals surface area contributed by atoms with Gasteiger partial charge in [0.2, 0.25) is 5.91 Å². The maximum atomic E-state index is 12.0. The van der Waals surface area contributed by atoms with Crippen molar-refractivity contribution in [2.75, 3.05) is 19.7 Å². The van der Waals surface area contributed by atoms with E-state index < -0.39 is 0 Å². The van der Waals surface area contributed by atoms with Crippen LogP contribution in [0, 0.1) is 11.8 Å². The maximum Gasteiger partial charge on any atom is 0.220 e. The molecule has 3 atom stereocenters. The van der Waals surface area contributed by atoms with Gasteiger partial charge in [-0.25, -0.2) is 4.98 Å². The van der Waals surface area contributed by atoms with Crippen molar-refractivity contribution in [1.82, 2.24) is 15.2 Å². The first-order chi connectivity index (χ1) is 10.3. The van der Waals surface area contributed by atoms with Crippen LogP contribution >= 0.6 is 11.3 Å². The van der Waals surface area contributed by atoms with Gasteiger partial charge in [-0.15, -0.1) is 11.3 Å². The summed E-state index contributed by atoms with van der Waals surface area (Å²) < 4.78 is 5.92. The van der Waals surface area contributed by atoms with E-state index in [0.29, 0.717) is 30.4 Å². The molecule has 5 nitrogen and oxygen atoms in total. The molecule has 2 aliphatic heterocycles. The summed E-state index contributed by atoms with van der Waals surface area (Å²) in [4.78, 5) is 18.8. The number of likely N-dealkylation sites (tertiary alicyclic amines) is 1. The molecule has 3 aliphatic rings. The number of nitrogens with zero attached hydrogens (tertiary/aromatic N) is 2. The molecular formula is C15H21N3O2S. The van der Waals surface area contributed by atoms with Gasteiger partial charge in [0, 0.05) is 43.0 Å². The van der Waals surface area contributed by atoms with Gasteiger partial charge in [0.05, 0.1) is 19.3 Å². The molecule has 6 heteroatoms. The number of carbonyl (C=O) groups is 1. The van der Waals surface area contributed by atoms with Crippen LogP contribution in [0.4, 0.5) is 0 Å². The molecule has 1 aromatic rings. The number of amides is 1. The number of ether oxygens (including phenoxy) is 1. The van der Waals surface area contributed by atoms with Gasteiger partial charge in [-0.1, -0.05) is 0 Å². The minimum absolute atomic E-state index is 0.213. The highest BCUT2D eigenvalue weighted by atomic mass is 32.1. The third kappa shape index (κ3) is 3.12. The Hall–Kier alpha value is -0.980. The first kappa shape index (κ1) is 13.7. The molecule has 1 N–H and O–H groups in total. The van der Waals surface area contributed by atoms with Crippen LogP contribution < -0.4 is 5.32 Å². The lowest BCUT2D eigenvalue weighted by atomic mass is 9.90. The molecule has 114 valence electrons. The van der Waals surface area contributed by atoms with E-state index >= 15 is 0 Å². The van der Waals surface area contributed by atoms with Crippen molar-refractivity contribution in [2.24, 2.45) is 11.8 Å². The van der Waals surface area contributed by atoms with Gasteiger partial charge in [0.1, 0.15) is 5.01 Å². The summed E-state index contributed by atoms with van der Waals surface area (Å²) in [6, 6.07) is 0.459. The number of fused-ring (bicyclic) bond motifs is 1. The molecule has 4 rings (SSSR count). The second kappa shape index (κ2) is 5.66. The molecule has 0 unspecified atom stereocenters. The van der Waals surface area contributed by atoms with Gasteiger partial charge in [0.25, 0.3) is 0 Å². The number of nitrogens with one attached hydrogen (secondary N) is 1. The van der Waals surface area contributed by atoms with E-state index in [9.17, 15) is 4.79 Å². The fraction of sp³-hybridized carbons (Fsp3) is 0.733. The lowest BCUT2D eigenvalue weighted by Crippen LogP contribution is -2.31. The van der Waals surface area contributed by atoms with E-state index in [1.165, 1.54) is 0 Å². The normalized spacial score (nSPS) is 32.3. The smallest absolute Gasteiger partial charge is 0.220 e. The topological polar surface area (TPSA) is 54.5 Å². The Balaban J connectivity index is 1.31. The predicted octanol–water partition coefficient (Wildman–Crippen LogP) is 1.26. The van der Waals surface area contributed by atoms with Crippen molar-refractivity contribution >= 4 is 17.2 Å². The highest BCUT2D eigenvalue weighted by molar-refractivity contribution is 7.09. The average Bonchev–Trinajstić information content (AvgIpc) is 2.88. The predicted molar refractivity (Wildman–Crippen MR) is 79.9 cm³/mol. The van der Waals surface area contributed by atoms with Gasteiger partial charge >= 0.3 is 0 Å². The van der Waals surface area contributed by atoms with Crippen molar-refractivity contribution in [1.29, 1.82) is 0 Å². The molecule has 3 fully saturated rings. The molecule has 0 radical (unpaired) electrons. The number of carbonyl (C=O) groups excluding carboxylic acids is 1.